The fourth-order valence-electron chi connectivity index (χ4n) is 3.66. The Morgan fingerprint density at radius 2 is 2.17 bits per heavy atom. The van der Waals surface area contributed by atoms with Crippen LogP contribution < -0.4 is 0 Å². The minimum absolute atomic E-state index is 0.00285. The highest BCUT2D eigenvalue weighted by Gasteiger charge is 2.29. The van der Waals surface area contributed by atoms with Crippen molar-refractivity contribution in [2.45, 2.75) is 25.7 Å². The second-order valence-electron chi connectivity index (χ2n) is 6.56. The molecule has 0 bridgehead atoms. The fourth-order valence-corrected chi connectivity index (χ4v) is 3.66. The van der Waals surface area contributed by atoms with Crippen LogP contribution in [-0.2, 0) is 7.05 Å². The van der Waals surface area contributed by atoms with E-state index in [-0.39, 0.29) is 11.8 Å². The molecular weight excluding hydrogens is 302 g/mol. The van der Waals surface area contributed by atoms with Crippen LogP contribution in [-0.4, -0.2) is 43.6 Å². The lowest BCUT2D eigenvalue weighted by atomic mass is 9.96. The molecule has 0 radical (unpaired) electrons. The van der Waals surface area contributed by atoms with E-state index in [2.05, 4.69) is 19.7 Å². The zero-order valence-corrected chi connectivity index (χ0v) is 14.0. The molecule has 1 N–H and O–H groups in total. The van der Waals surface area contributed by atoms with E-state index in [0.717, 1.165) is 41.8 Å². The molecule has 6 heteroatoms. The van der Waals surface area contributed by atoms with Crippen molar-refractivity contribution in [3.8, 4) is 0 Å². The lowest BCUT2D eigenvalue weighted by molar-refractivity contribution is 0.0699. The molecule has 1 aliphatic heterocycles. The van der Waals surface area contributed by atoms with E-state index in [1.54, 1.807) is 0 Å². The number of carbonyl (C=O) groups is 1. The van der Waals surface area contributed by atoms with Gasteiger partial charge >= 0.3 is 0 Å². The first-order chi connectivity index (χ1) is 11.6. The third-order valence-corrected chi connectivity index (χ3v) is 4.78. The number of likely N-dealkylation sites (tertiary alicyclic amines) is 1. The molecule has 1 aliphatic rings. The summed E-state index contributed by atoms with van der Waals surface area (Å²) >= 11 is 0. The minimum Gasteiger partial charge on any atom is -0.337 e. The Labute approximate surface area is 140 Å². The smallest absolute Gasteiger partial charge is 0.275 e. The van der Waals surface area contributed by atoms with Gasteiger partial charge in [-0.2, -0.15) is 5.10 Å². The number of hydrogen-bond donors (Lipinski definition) is 1. The van der Waals surface area contributed by atoms with Gasteiger partial charge in [-0.25, -0.2) is 4.98 Å². The number of piperidine rings is 1. The van der Waals surface area contributed by atoms with Gasteiger partial charge in [0.1, 0.15) is 5.82 Å². The van der Waals surface area contributed by atoms with Crippen LogP contribution in [0.1, 0.15) is 40.8 Å². The lowest BCUT2D eigenvalue weighted by Crippen LogP contribution is -2.40. The molecule has 1 amide bonds. The molecule has 1 atom stereocenters. The number of nitrogens with zero attached hydrogens (tertiary/aromatic N) is 4. The second kappa shape index (κ2) is 5.78. The molecule has 24 heavy (non-hydrogen) atoms. The first kappa shape index (κ1) is 14.9. The van der Waals surface area contributed by atoms with Crippen molar-refractivity contribution in [3.05, 3.63) is 47.7 Å². The Kier molecular flexibility index (Phi) is 3.59. The van der Waals surface area contributed by atoms with Gasteiger partial charge < -0.3 is 9.47 Å². The Bertz CT molecular complexity index is 894. The third kappa shape index (κ3) is 2.48. The molecule has 1 saturated heterocycles. The van der Waals surface area contributed by atoms with Crippen LogP contribution in [0.3, 0.4) is 0 Å². The first-order valence-corrected chi connectivity index (χ1v) is 8.35. The molecule has 3 heterocycles. The van der Waals surface area contributed by atoms with Crippen molar-refractivity contribution in [2.75, 3.05) is 13.1 Å². The number of nitrogens with one attached hydrogen (secondary N) is 1. The Balaban J connectivity index is 1.60. The summed E-state index contributed by atoms with van der Waals surface area (Å²) in [6, 6.07) is 7.75. The van der Waals surface area contributed by atoms with E-state index in [9.17, 15) is 4.79 Å². The van der Waals surface area contributed by atoms with Crippen molar-refractivity contribution in [2.24, 2.45) is 7.05 Å². The number of aromatic nitrogens is 4. The topological polar surface area (TPSA) is 66.8 Å². The summed E-state index contributed by atoms with van der Waals surface area (Å²) in [7, 11) is 2.03. The van der Waals surface area contributed by atoms with Crippen LogP contribution >= 0.6 is 0 Å². The van der Waals surface area contributed by atoms with E-state index in [1.165, 1.54) is 0 Å². The molecule has 0 unspecified atom stereocenters. The predicted octanol–water partition coefficient (Wildman–Crippen LogP) is 2.62. The Morgan fingerprint density at radius 1 is 1.33 bits per heavy atom. The standard InChI is InChI=1S/C18H21N5O/c1-12-10-22(2)17(19-12)13-6-5-9-23(11-13)18(24)16-14-7-3-4-8-15(14)20-21-16/h3-4,7-8,10,13H,5-6,9,11H2,1-2H3,(H,20,21)/t13-/m1/s1. The highest BCUT2D eigenvalue weighted by Crippen LogP contribution is 2.27. The number of hydrogen-bond acceptors (Lipinski definition) is 3. The zero-order valence-electron chi connectivity index (χ0n) is 14.0. The average Bonchev–Trinajstić information content (AvgIpc) is 3.17. The van der Waals surface area contributed by atoms with Gasteiger partial charge in [0.25, 0.3) is 5.91 Å². The van der Waals surface area contributed by atoms with Crippen LogP contribution in [0.4, 0.5) is 0 Å². The summed E-state index contributed by atoms with van der Waals surface area (Å²) in [6.07, 6.45) is 4.09. The van der Waals surface area contributed by atoms with Gasteiger partial charge in [0.05, 0.1) is 11.2 Å². The fraction of sp³-hybridized carbons (Fsp3) is 0.389. The number of aryl methyl sites for hydroxylation is 2. The normalized spacial score (nSPS) is 18.2. The number of aromatic amines is 1. The van der Waals surface area contributed by atoms with Crippen LogP contribution in [0.5, 0.6) is 0 Å². The van der Waals surface area contributed by atoms with Crippen LogP contribution in [0.25, 0.3) is 10.9 Å². The van der Waals surface area contributed by atoms with Gasteiger partial charge in [-0.3, -0.25) is 9.89 Å². The minimum atomic E-state index is 0.00285. The number of benzene rings is 1. The first-order valence-electron chi connectivity index (χ1n) is 8.35. The maximum atomic E-state index is 13.0. The Hall–Kier alpha value is -2.63. The molecule has 1 fully saturated rings. The maximum Gasteiger partial charge on any atom is 0.275 e. The predicted molar refractivity (Wildman–Crippen MR) is 91.9 cm³/mol. The molecule has 2 aromatic heterocycles. The van der Waals surface area contributed by atoms with Gasteiger partial charge in [0.2, 0.25) is 0 Å². The lowest BCUT2D eigenvalue weighted by Gasteiger charge is -2.32. The second-order valence-corrected chi connectivity index (χ2v) is 6.56. The molecule has 0 aliphatic carbocycles. The maximum absolute atomic E-state index is 13.0. The van der Waals surface area contributed by atoms with Crippen LogP contribution in [0, 0.1) is 6.92 Å². The quantitative estimate of drug-likeness (QED) is 0.788. The SMILES string of the molecule is Cc1cn(C)c([C@@H]2CCCN(C(=O)c3n[nH]c4ccccc34)C2)n1. The zero-order chi connectivity index (χ0) is 16.7. The highest BCUT2D eigenvalue weighted by atomic mass is 16.2. The van der Waals surface area contributed by atoms with E-state index in [4.69, 9.17) is 0 Å². The average molecular weight is 323 g/mol. The summed E-state index contributed by atoms with van der Waals surface area (Å²) in [5.74, 6) is 1.35. The number of amides is 1. The molecular formula is C18H21N5O. The van der Waals surface area contributed by atoms with Gasteiger partial charge in [0, 0.05) is 37.6 Å². The number of fused-ring (bicyclic) bond motifs is 1. The van der Waals surface area contributed by atoms with E-state index < -0.39 is 0 Å². The monoisotopic (exact) mass is 323 g/mol. The van der Waals surface area contributed by atoms with Crippen molar-refractivity contribution in [3.63, 3.8) is 0 Å². The number of H-pyrrole nitrogens is 1. The highest BCUT2D eigenvalue weighted by molar-refractivity contribution is 6.04. The molecule has 0 saturated carbocycles. The third-order valence-electron chi connectivity index (χ3n) is 4.78. The van der Waals surface area contributed by atoms with E-state index >= 15 is 0 Å². The van der Waals surface area contributed by atoms with Crippen molar-refractivity contribution < 1.29 is 4.79 Å². The molecule has 1 aromatic carbocycles. The molecule has 3 aromatic rings. The van der Waals surface area contributed by atoms with Gasteiger partial charge in [-0.05, 0) is 25.8 Å². The summed E-state index contributed by atoms with van der Waals surface area (Å²) < 4.78 is 2.08. The van der Waals surface area contributed by atoms with Crippen LogP contribution in [0.2, 0.25) is 0 Å². The van der Waals surface area contributed by atoms with Crippen molar-refractivity contribution >= 4 is 16.8 Å². The van der Waals surface area contributed by atoms with E-state index in [1.807, 2.05) is 49.3 Å². The summed E-state index contributed by atoms with van der Waals surface area (Å²) in [5, 5.41) is 8.09. The summed E-state index contributed by atoms with van der Waals surface area (Å²) in [6.45, 7) is 3.48. The van der Waals surface area contributed by atoms with E-state index in [0.29, 0.717) is 12.2 Å². The molecule has 6 nitrogen and oxygen atoms in total. The number of para-hydroxylation sites is 1. The molecule has 0 spiro atoms. The van der Waals surface area contributed by atoms with Crippen molar-refractivity contribution in [1.29, 1.82) is 0 Å². The number of rotatable bonds is 2. The summed E-state index contributed by atoms with van der Waals surface area (Å²) in [4.78, 5) is 19.5. The van der Waals surface area contributed by atoms with Crippen molar-refractivity contribution in [1.82, 2.24) is 24.6 Å². The number of carbonyl (C=O) groups excluding carboxylic acids is 1. The van der Waals surface area contributed by atoms with Gasteiger partial charge in [-0.15, -0.1) is 0 Å². The molecule has 124 valence electrons. The largest absolute Gasteiger partial charge is 0.337 e. The number of imidazole rings is 1. The van der Waals surface area contributed by atoms with Gasteiger partial charge in [0.15, 0.2) is 5.69 Å². The molecule has 4 rings (SSSR count). The Morgan fingerprint density at radius 3 is 2.96 bits per heavy atom. The van der Waals surface area contributed by atoms with Gasteiger partial charge in [-0.1, -0.05) is 18.2 Å². The summed E-state index contributed by atoms with van der Waals surface area (Å²) in [5.41, 5.74) is 2.44. The van der Waals surface area contributed by atoms with Crippen LogP contribution in [0.15, 0.2) is 30.5 Å².